The van der Waals surface area contributed by atoms with Crippen LogP contribution in [0.25, 0.3) is 0 Å². The lowest BCUT2D eigenvalue weighted by molar-refractivity contribution is -0.171. The first-order valence-corrected chi connectivity index (χ1v) is 8.94. The van der Waals surface area contributed by atoms with E-state index >= 15 is 0 Å². The molecule has 0 amide bonds. The number of nitrogens with one attached hydrogen (secondary N) is 1. The summed E-state index contributed by atoms with van der Waals surface area (Å²) in [4.78, 5) is 0. The highest BCUT2D eigenvalue weighted by atomic mass is 32.2. The maximum absolute atomic E-state index is 12.0. The number of rotatable bonds is 1. The molecule has 1 N–H and O–H groups in total. The SMILES string of the molecule is CC[C@@]12CCC34CCOS(=O)(=O)NC(CC1)(C3)[C@@]42C. The van der Waals surface area contributed by atoms with E-state index in [-0.39, 0.29) is 11.0 Å². The zero-order valence-corrected chi connectivity index (χ0v) is 12.6. The van der Waals surface area contributed by atoms with E-state index in [0.29, 0.717) is 17.4 Å². The average Bonchev–Trinajstić information content (AvgIpc) is 2.62. The first-order valence-electron chi connectivity index (χ1n) is 7.53. The highest BCUT2D eigenvalue weighted by Crippen LogP contribution is 2.85. The maximum Gasteiger partial charge on any atom is 0.336 e. The van der Waals surface area contributed by atoms with Gasteiger partial charge in [0.15, 0.2) is 0 Å². The van der Waals surface area contributed by atoms with Gasteiger partial charge in [-0.25, -0.2) is 0 Å². The minimum atomic E-state index is -3.56. The largest absolute Gasteiger partial charge is 0.336 e. The molecule has 2 bridgehead atoms. The van der Waals surface area contributed by atoms with Crippen LogP contribution in [0.15, 0.2) is 0 Å². The molecular formula is C14H23NO3S. The molecule has 4 aliphatic rings. The predicted octanol–water partition coefficient (Wildman–Crippen LogP) is 2.36. The smallest absolute Gasteiger partial charge is 0.258 e. The van der Waals surface area contributed by atoms with Gasteiger partial charge in [-0.05, 0) is 61.2 Å². The van der Waals surface area contributed by atoms with Gasteiger partial charge in [-0.15, -0.1) is 0 Å². The molecule has 2 spiro atoms. The summed E-state index contributed by atoms with van der Waals surface area (Å²) in [5.74, 6) is 0. The molecule has 5 heteroatoms. The van der Waals surface area contributed by atoms with Crippen molar-refractivity contribution in [3.05, 3.63) is 0 Å². The van der Waals surface area contributed by atoms with Gasteiger partial charge in [0.05, 0.1) is 6.61 Å². The van der Waals surface area contributed by atoms with Gasteiger partial charge in [0.25, 0.3) is 0 Å². The molecule has 0 aromatic rings. The van der Waals surface area contributed by atoms with Gasteiger partial charge in [-0.2, -0.15) is 13.1 Å². The van der Waals surface area contributed by atoms with E-state index in [1.54, 1.807) is 0 Å². The minimum Gasteiger partial charge on any atom is -0.258 e. The van der Waals surface area contributed by atoms with Gasteiger partial charge in [0.1, 0.15) is 0 Å². The van der Waals surface area contributed by atoms with Crippen molar-refractivity contribution in [1.29, 1.82) is 0 Å². The predicted molar refractivity (Wildman–Crippen MR) is 71.7 cm³/mol. The first-order chi connectivity index (χ1) is 8.85. The van der Waals surface area contributed by atoms with Crippen LogP contribution in [0.5, 0.6) is 0 Å². The van der Waals surface area contributed by atoms with Crippen LogP contribution in [0.1, 0.15) is 58.8 Å². The molecule has 4 atom stereocenters. The van der Waals surface area contributed by atoms with Crippen molar-refractivity contribution in [2.75, 3.05) is 6.61 Å². The molecule has 3 aliphatic carbocycles. The average molecular weight is 285 g/mol. The zero-order chi connectivity index (χ0) is 13.6. The molecule has 4 rings (SSSR count). The Bertz CT molecular complexity index is 547. The van der Waals surface area contributed by atoms with Crippen LogP contribution in [-0.2, 0) is 14.5 Å². The van der Waals surface area contributed by atoms with Gasteiger partial charge < -0.3 is 0 Å². The van der Waals surface area contributed by atoms with Crippen molar-refractivity contribution < 1.29 is 12.6 Å². The van der Waals surface area contributed by atoms with Crippen LogP contribution in [0.3, 0.4) is 0 Å². The zero-order valence-electron chi connectivity index (χ0n) is 11.8. The Morgan fingerprint density at radius 1 is 1.16 bits per heavy atom. The lowest BCUT2D eigenvalue weighted by Gasteiger charge is -2.69. The first kappa shape index (κ1) is 12.6. The lowest BCUT2D eigenvalue weighted by Crippen LogP contribution is -2.75. The third kappa shape index (κ3) is 1.10. The minimum absolute atomic E-state index is 0.137. The Morgan fingerprint density at radius 2 is 1.89 bits per heavy atom. The summed E-state index contributed by atoms with van der Waals surface area (Å²) in [6.07, 6.45) is 7.80. The fraction of sp³-hybridized carbons (Fsp3) is 1.00. The maximum atomic E-state index is 12.0. The van der Waals surface area contributed by atoms with Crippen LogP contribution in [-0.4, -0.2) is 20.6 Å². The second kappa shape index (κ2) is 3.20. The van der Waals surface area contributed by atoms with Crippen molar-refractivity contribution in [2.24, 2.45) is 16.2 Å². The molecule has 3 saturated carbocycles. The van der Waals surface area contributed by atoms with E-state index in [4.69, 9.17) is 4.18 Å². The molecule has 108 valence electrons. The highest BCUT2D eigenvalue weighted by Gasteiger charge is 2.83. The Labute approximate surface area is 115 Å². The van der Waals surface area contributed by atoms with Crippen LogP contribution >= 0.6 is 0 Å². The quantitative estimate of drug-likeness (QED) is 0.804. The van der Waals surface area contributed by atoms with Gasteiger partial charge >= 0.3 is 10.3 Å². The van der Waals surface area contributed by atoms with E-state index < -0.39 is 10.3 Å². The summed E-state index contributed by atoms with van der Waals surface area (Å²) >= 11 is 0. The van der Waals surface area contributed by atoms with Crippen LogP contribution in [0.2, 0.25) is 0 Å². The summed E-state index contributed by atoms with van der Waals surface area (Å²) in [5.41, 5.74) is 0.588. The number of hydrogen-bond donors (Lipinski definition) is 1. The molecular weight excluding hydrogens is 262 g/mol. The molecule has 0 aromatic carbocycles. The normalized spacial score (nSPS) is 58.0. The summed E-state index contributed by atoms with van der Waals surface area (Å²) in [6, 6.07) is 0. The molecule has 1 heterocycles. The molecule has 4 nitrogen and oxygen atoms in total. The monoisotopic (exact) mass is 285 g/mol. The second-order valence-corrected chi connectivity index (χ2v) is 8.77. The van der Waals surface area contributed by atoms with Gasteiger partial charge in [0.2, 0.25) is 0 Å². The summed E-state index contributed by atoms with van der Waals surface area (Å²) in [6.45, 7) is 5.00. The topological polar surface area (TPSA) is 55.4 Å². The Hall–Kier alpha value is -0.130. The standard InChI is InChI=1S/C14H23NO3S/c1-3-12-4-5-13-8-9-18-19(16,17)15-14(10-13,7-6-12)11(12,13)2/h15H,3-10H2,1-2H3/t11-,12-,13?,14?/m1/s1. The Balaban J connectivity index is 1.88. The molecule has 0 aromatic heterocycles. The van der Waals surface area contributed by atoms with E-state index in [2.05, 4.69) is 18.6 Å². The van der Waals surface area contributed by atoms with Crippen LogP contribution in [0, 0.1) is 16.2 Å². The lowest BCUT2D eigenvalue weighted by atomic mass is 9.39. The summed E-state index contributed by atoms with van der Waals surface area (Å²) in [5, 5.41) is 0. The number of hydrogen-bond acceptors (Lipinski definition) is 3. The van der Waals surface area contributed by atoms with Crippen molar-refractivity contribution in [1.82, 2.24) is 4.72 Å². The van der Waals surface area contributed by atoms with Gasteiger partial charge in [-0.3, -0.25) is 4.18 Å². The third-order valence-electron chi connectivity index (χ3n) is 7.65. The fourth-order valence-corrected chi connectivity index (χ4v) is 7.83. The van der Waals surface area contributed by atoms with E-state index in [1.807, 2.05) is 0 Å². The molecule has 2 unspecified atom stereocenters. The van der Waals surface area contributed by atoms with Crippen molar-refractivity contribution >= 4 is 10.3 Å². The third-order valence-corrected chi connectivity index (χ3v) is 8.76. The highest BCUT2D eigenvalue weighted by molar-refractivity contribution is 7.84. The van der Waals surface area contributed by atoms with E-state index in [1.165, 1.54) is 25.7 Å². The molecule has 0 radical (unpaired) electrons. The van der Waals surface area contributed by atoms with Crippen molar-refractivity contribution in [3.63, 3.8) is 0 Å². The van der Waals surface area contributed by atoms with Gasteiger partial charge in [0, 0.05) is 5.54 Å². The Kier molecular flexibility index (Phi) is 2.12. The summed E-state index contributed by atoms with van der Waals surface area (Å²) in [7, 11) is -3.56. The van der Waals surface area contributed by atoms with Crippen LogP contribution in [0.4, 0.5) is 0 Å². The molecule has 1 saturated heterocycles. The fourth-order valence-electron chi connectivity index (χ4n) is 6.61. The van der Waals surface area contributed by atoms with Gasteiger partial charge in [-0.1, -0.05) is 13.8 Å². The van der Waals surface area contributed by atoms with Crippen molar-refractivity contribution in [3.8, 4) is 0 Å². The second-order valence-electron chi connectivity index (χ2n) is 7.43. The summed E-state index contributed by atoms with van der Waals surface area (Å²) < 4.78 is 32.1. The molecule has 1 aliphatic heterocycles. The van der Waals surface area contributed by atoms with E-state index in [9.17, 15) is 8.42 Å². The molecule has 19 heavy (non-hydrogen) atoms. The molecule has 4 fully saturated rings. The van der Waals surface area contributed by atoms with Crippen LogP contribution < -0.4 is 4.72 Å². The Morgan fingerprint density at radius 3 is 2.63 bits per heavy atom. The van der Waals surface area contributed by atoms with Crippen molar-refractivity contribution in [2.45, 2.75) is 64.3 Å². The van der Waals surface area contributed by atoms with E-state index in [0.717, 1.165) is 19.3 Å².